The molecule has 0 aromatic rings. The summed E-state index contributed by atoms with van der Waals surface area (Å²) in [4.78, 5) is 8.89. The molecule has 0 unspecified atom stereocenters. The molecule has 0 aliphatic heterocycles. The van der Waals surface area contributed by atoms with Crippen molar-refractivity contribution < 1.29 is 39.5 Å². The number of alkyl halides is 2. The summed E-state index contributed by atoms with van der Waals surface area (Å²) >= 11 is 9.53. The molecule has 0 amide bonds. The molecule has 0 radical (unpaired) electrons. The average Bonchev–Trinajstić information content (AvgIpc) is 1.33. The van der Waals surface area contributed by atoms with Crippen molar-refractivity contribution in [1.29, 1.82) is 0 Å². The van der Waals surface area contributed by atoms with Gasteiger partial charge in [0.15, 0.2) is 0 Å². The molecule has 0 bridgehead atoms. The minimum atomic E-state index is -1.08. The summed E-state index contributed by atoms with van der Waals surface area (Å²) in [5, 5.41) is 9.08. The molecule has 0 aromatic heterocycles. The molecule has 0 spiro atoms. The zero-order chi connectivity index (χ0) is 6.28. The molecule has 44 valence electrons. The van der Waals surface area contributed by atoms with Gasteiger partial charge in [0, 0.05) is 5.97 Å². The van der Waals surface area contributed by atoms with Crippen LogP contribution in [0.25, 0.3) is 0 Å². The van der Waals surface area contributed by atoms with Gasteiger partial charge in [0.1, 0.15) is 0 Å². The third-order valence-corrected chi connectivity index (χ3v) is 0. The Morgan fingerprint density at radius 1 is 1.62 bits per heavy atom. The summed E-state index contributed by atoms with van der Waals surface area (Å²) in [6, 6.07) is 0. The number of hydrogen-bond acceptors (Lipinski definition) is 2. The van der Waals surface area contributed by atoms with E-state index in [0.29, 0.717) is 0 Å². The quantitative estimate of drug-likeness (QED) is 0.288. The summed E-state index contributed by atoms with van der Waals surface area (Å²) in [7, 11) is 0. The monoisotopic (exact) mass is 166 g/mol. The van der Waals surface area contributed by atoms with Gasteiger partial charge in [0.2, 0.25) is 0 Å². The van der Waals surface area contributed by atoms with E-state index in [9.17, 15) is 0 Å². The Balaban J connectivity index is -0.0000000575. The van der Waals surface area contributed by atoms with Crippen molar-refractivity contribution in [3.05, 3.63) is 0 Å². The van der Waals surface area contributed by atoms with E-state index >= 15 is 0 Å². The molecule has 8 heavy (non-hydrogen) atoms. The standard InChI is InChI=1S/C2H4O2.CH2Cl2.Na/c1-2(3)4;2-1-3;/h1H3,(H,3,4);1H2;/q;;+1/p-1. The van der Waals surface area contributed by atoms with Gasteiger partial charge >= 0.3 is 29.6 Å². The second-order valence-corrected chi connectivity index (χ2v) is 1.40. The average molecular weight is 167 g/mol. The van der Waals surface area contributed by atoms with Gasteiger partial charge in [0.25, 0.3) is 0 Å². The number of rotatable bonds is 0. The van der Waals surface area contributed by atoms with Crippen LogP contribution < -0.4 is 34.7 Å². The van der Waals surface area contributed by atoms with Crippen molar-refractivity contribution in [3.63, 3.8) is 0 Å². The van der Waals surface area contributed by atoms with E-state index in [0.717, 1.165) is 6.92 Å². The third kappa shape index (κ3) is 234. The molecule has 0 aliphatic rings. The molecule has 0 aliphatic carbocycles. The van der Waals surface area contributed by atoms with E-state index in [2.05, 4.69) is 0 Å². The van der Waals surface area contributed by atoms with Crippen LogP contribution in [0.4, 0.5) is 0 Å². The first-order valence-corrected chi connectivity index (χ1v) is 2.51. The van der Waals surface area contributed by atoms with Gasteiger partial charge in [-0.2, -0.15) is 0 Å². The van der Waals surface area contributed by atoms with E-state index in [-0.39, 0.29) is 34.9 Å². The number of carboxylic acids is 1. The fourth-order valence-corrected chi connectivity index (χ4v) is 0. The number of carbonyl (C=O) groups is 1. The first-order valence-electron chi connectivity index (χ1n) is 1.44. The van der Waals surface area contributed by atoms with Crippen LogP contribution in [0, 0.1) is 0 Å². The molecule has 0 rings (SSSR count). The Bertz CT molecular complexity index is 46.5. The Hall–Kier alpha value is 1.05. The summed E-state index contributed by atoms with van der Waals surface area (Å²) in [6.07, 6.45) is 0. The third-order valence-electron chi connectivity index (χ3n) is 0. The summed E-state index contributed by atoms with van der Waals surface area (Å²) in [5.41, 5.74) is 0. The Morgan fingerprint density at radius 3 is 1.62 bits per heavy atom. The number of halogens is 2. The molecular formula is C3H5Cl2NaO2. The Labute approximate surface area is 80.5 Å². The van der Waals surface area contributed by atoms with Gasteiger partial charge in [-0.3, -0.25) is 0 Å². The zero-order valence-electron chi connectivity index (χ0n) is 4.78. The molecule has 0 saturated heterocycles. The van der Waals surface area contributed by atoms with E-state index in [1.807, 2.05) is 0 Å². The van der Waals surface area contributed by atoms with E-state index in [1.54, 1.807) is 0 Å². The second kappa shape index (κ2) is 15.7. The molecule has 0 atom stereocenters. The van der Waals surface area contributed by atoms with Crippen LogP contribution in [0.5, 0.6) is 0 Å². The van der Waals surface area contributed by atoms with Gasteiger partial charge in [-0.25, -0.2) is 0 Å². The molecule has 5 heteroatoms. The van der Waals surface area contributed by atoms with Crippen molar-refractivity contribution in [2.75, 3.05) is 5.34 Å². The number of aliphatic carboxylic acids is 1. The predicted octanol–water partition coefficient (Wildman–Crippen LogP) is -2.82. The minimum Gasteiger partial charge on any atom is -0.550 e. The summed E-state index contributed by atoms with van der Waals surface area (Å²) in [6.45, 7) is 0.972. The fourth-order valence-electron chi connectivity index (χ4n) is 0. The number of carbonyl (C=O) groups excluding carboxylic acids is 1. The molecule has 0 N–H and O–H groups in total. The van der Waals surface area contributed by atoms with E-state index in [4.69, 9.17) is 33.1 Å². The molecule has 0 saturated carbocycles. The first kappa shape index (κ1) is 16.0. The molecule has 0 heterocycles. The summed E-state index contributed by atoms with van der Waals surface area (Å²) in [5.74, 6) is -1.08. The van der Waals surface area contributed by atoms with E-state index in [1.165, 1.54) is 0 Å². The van der Waals surface area contributed by atoms with Crippen molar-refractivity contribution >= 4 is 29.2 Å². The van der Waals surface area contributed by atoms with Crippen molar-refractivity contribution in [2.45, 2.75) is 6.92 Å². The van der Waals surface area contributed by atoms with Gasteiger partial charge in [0.05, 0.1) is 5.34 Å². The normalized spacial score (nSPS) is 5.38. The van der Waals surface area contributed by atoms with Gasteiger partial charge in [-0.05, 0) is 6.92 Å². The van der Waals surface area contributed by atoms with Crippen LogP contribution in [0.1, 0.15) is 6.92 Å². The molecule has 0 aromatic carbocycles. The maximum atomic E-state index is 8.89. The molecule has 2 nitrogen and oxygen atoms in total. The van der Waals surface area contributed by atoms with Crippen LogP contribution >= 0.6 is 23.2 Å². The second-order valence-electron chi connectivity index (χ2n) is 0.593. The van der Waals surface area contributed by atoms with Crippen molar-refractivity contribution in [2.24, 2.45) is 0 Å². The fraction of sp³-hybridized carbons (Fsp3) is 0.667. The largest absolute Gasteiger partial charge is 1.00 e. The summed E-state index contributed by atoms with van der Waals surface area (Å²) < 4.78 is 0. The van der Waals surface area contributed by atoms with Crippen LogP contribution in [0.15, 0.2) is 0 Å². The smallest absolute Gasteiger partial charge is 0.550 e. The van der Waals surface area contributed by atoms with Gasteiger partial charge < -0.3 is 9.90 Å². The Kier molecular flexibility index (Phi) is 31.4. The maximum Gasteiger partial charge on any atom is 1.00 e. The van der Waals surface area contributed by atoms with Crippen molar-refractivity contribution in [1.82, 2.24) is 0 Å². The SMILES string of the molecule is CC(=O)[O-].ClCCl.[Na+]. The number of hydrogen-bond donors (Lipinski definition) is 0. The van der Waals surface area contributed by atoms with Crippen LogP contribution in [-0.4, -0.2) is 11.3 Å². The van der Waals surface area contributed by atoms with Crippen LogP contribution in [0.2, 0.25) is 0 Å². The molecule has 0 fully saturated rings. The maximum absolute atomic E-state index is 8.89. The topological polar surface area (TPSA) is 40.1 Å². The first-order chi connectivity index (χ1) is 3.15. The predicted molar refractivity (Wildman–Crippen MR) is 27.3 cm³/mol. The number of carboxylic acid groups (broad SMARTS) is 1. The zero-order valence-corrected chi connectivity index (χ0v) is 8.29. The van der Waals surface area contributed by atoms with Gasteiger partial charge in [-0.1, -0.05) is 0 Å². The van der Waals surface area contributed by atoms with Crippen molar-refractivity contribution in [3.8, 4) is 0 Å². The molecular weight excluding hydrogens is 162 g/mol. The minimum absolute atomic E-state index is 0. The Morgan fingerprint density at radius 2 is 1.62 bits per heavy atom. The van der Waals surface area contributed by atoms with Crippen LogP contribution in [0.3, 0.4) is 0 Å². The van der Waals surface area contributed by atoms with E-state index < -0.39 is 5.97 Å². The van der Waals surface area contributed by atoms with Crippen LogP contribution in [-0.2, 0) is 4.79 Å². The van der Waals surface area contributed by atoms with Gasteiger partial charge in [-0.15, -0.1) is 23.2 Å².